The van der Waals surface area contributed by atoms with E-state index in [1.807, 2.05) is 55.3 Å². The molecule has 0 spiro atoms. The van der Waals surface area contributed by atoms with Gasteiger partial charge in [0.1, 0.15) is 0 Å². The zero-order valence-electron chi connectivity index (χ0n) is 57.9. The minimum absolute atomic E-state index is 0.808. The quantitative estimate of drug-likeness (QED) is 0.0755. The first kappa shape index (κ1) is 72.5. The molecule has 0 aliphatic carbocycles. The van der Waals surface area contributed by atoms with Gasteiger partial charge < -0.3 is 9.47 Å². The van der Waals surface area contributed by atoms with E-state index in [-0.39, 0.29) is 0 Å². The smallest absolute Gasteiger partial charge is 0.0250 e. The first-order valence-corrected chi connectivity index (χ1v) is 38.3. The predicted octanol–water partition coefficient (Wildman–Crippen LogP) is 19.8. The Morgan fingerprint density at radius 1 is 0.226 bits per heavy atom. The van der Waals surface area contributed by atoms with Crippen LogP contribution in [0.3, 0.4) is 0 Å². The summed E-state index contributed by atoms with van der Waals surface area (Å²) in [5.74, 6) is 0. The summed E-state index contributed by atoms with van der Waals surface area (Å²) in [7, 11) is 7.55. The molecule has 2 heterocycles. The molecule has 84 heavy (non-hydrogen) atoms. The number of rotatable bonds is 10. The van der Waals surface area contributed by atoms with E-state index >= 15 is 0 Å². The molecule has 6 aromatic carbocycles. The van der Waals surface area contributed by atoms with Crippen LogP contribution in [0.15, 0.2) is 19.6 Å². The van der Waals surface area contributed by atoms with Crippen molar-refractivity contribution in [2.24, 2.45) is 0 Å². The number of nitrogens with zero attached hydrogens (tertiary/aromatic N) is 2. The minimum atomic E-state index is -0.808. The molecule has 2 aliphatic heterocycles. The summed E-state index contributed by atoms with van der Waals surface area (Å²) in [5.41, 5.74) is 43.9. The van der Waals surface area contributed by atoms with Crippen LogP contribution in [0.1, 0.15) is 167 Å². The van der Waals surface area contributed by atoms with Gasteiger partial charge in [0.2, 0.25) is 0 Å². The summed E-state index contributed by atoms with van der Waals surface area (Å²) in [5, 5.41) is 0. The second-order valence-corrected chi connectivity index (χ2v) is 33.4. The van der Waals surface area contributed by atoms with Crippen molar-refractivity contribution < 1.29 is 9.47 Å². The number of hydrogen-bond acceptors (Lipinski definition) is 9. The van der Waals surface area contributed by atoms with E-state index in [0.29, 0.717) is 0 Å². The third-order valence-electron chi connectivity index (χ3n) is 20.6. The van der Waals surface area contributed by atoms with Crippen molar-refractivity contribution in [3.05, 3.63) is 167 Å². The summed E-state index contributed by atoms with van der Waals surface area (Å²) < 4.78 is 18.7. The van der Waals surface area contributed by atoms with Crippen LogP contribution in [0, 0.1) is 208 Å². The second kappa shape index (κ2) is 31.4. The molecule has 4 nitrogen and oxygen atoms in total. The Bertz CT molecular complexity index is 2880. The van der Waals surface area contributed by atoms with Crippen molar-refractivity contribution in [3.8, 4) is 0 Å². The standard InChI is InChI=1S/C22H30S2.C22H30S.2C11H15.C8H16N2O2S2.Sn/c1-11-13(3)17(7)21(18(8)14(11)4)23-24-22-19(9)15(5)12(2)16(6)20(22)10;1-11-13(3)17(7)21(18(8)14(11)4)23-22-19(9)15(5)12(2)16(6)20(22)10;2*1-7-6-8(2)10(4)11(5)9(7)3;1-5-11-6-2-9(1)13-14-10-3-7-12-8-4-10;/h1-10H3;1-10H3;2*1-5H3;1-8H2;. The van der Waals surface area contributed by atoms with E-state index in [1.165, 1.54) is 164 Å². The summed E-state index contributed by atoms with van der Waals surface area (Å²) in [6, 6.07) is 0. The molecule has 10 heteroatoms. The maximum absolute atomic E-state index is 5.29. The van der Waals surface area contributed by atoms with Crippen LogP contribution in [0.4, 0.5) is 0 Å². The monoisotopic (exact) mass is 1330 g/mol. The number of morpholine rings is 2. The molecule has 6 aromatic rings. The van der Waals surface area contributed by atoms with E-state index in [2.05, 4.69) is 216 Å². The third kappa shape index (κ3) is 16.0. The predicted molar refractivity (Wildman–Crippen MR) is 382 cm³/mol. The van der Waals surface area contributed by atoms with Gasteiger partial charge >= 0.3 is 153 Å². The zero-order chi connectivity index (χ0) is 63.3. The fraction of sp³-hybridized carbons (Fsp3) is 0.514. The Labute approximate surface area is 543 Å². The van der Waals surface area contributed by atoms with Crippen LogP contribution in [0.5, 0.6) is 0 Å². The van der Waals surface area contributed by atoms with Crippen LogP contribution in [-0.4, -0.2) is 82.4 Å². The van der Waals surface area contributed by atoms with E-state index in [9.17, 15) is 0 Å². The van der Waals surface area contributed by atoms with Crippen molar-refractivity contribution in [2.75, 3.05) is 52.6 Å². The van der Waals surface area contributed by atoms with Gasteiger partial charge in [-0.3, -0.25) is 0 Å². The van der Waals surface area contributed by atoms with Gasteiger partial charge in [-0.1, -0.05) is 33.3 Å². The molecule has 458 valence electrons. The molecular formula is C74H106N2O2S5Sn. The topological polar surface area (TPSA) is 24.9 Å². The molecule has 0 atom stereocenters. The Hall–Kier alpha value is -2.29. The molecule has 2 fully saturated rings. The molecule has 8 rings (SSSR count). The molecule has 0 amide bonds. The van der Waals surface area contributed by atoms with Crippen molar-refractivity contribution in [2.45, 2.75) is 227 Å². The number of benzene rings is 6. The van der Waals surface area contributed by atoms with Gasteiger partial charge in [-0.05, 0) is 250 Å². The third-order valence-corrected chi connectivity index (χ3v) is 33.5. The average molecular weight is 1330 g/mol. The Kier molecular flexibility index (Phi) is 27.1. The van der Waals surface area contributed by atoms with Crippen LogP contribution in [0.25, 0.3) is 0 Å². The van der Waals surface area contributed by atoms with Crippen molar-refractivity contribution in [3.63, 3.8) is 0 Å². The fourth-order valence-electron chi connectivity index (χ4n) is 11.4. The van der Waals surface area contributed by atoms with E-state index in [0.717, 1.165) is 52.6 Å². The first-order chi connectivity index (χ1) is 39.2. The van der Waals surface area contributed by atoms with Crippen LogP contribution in [-0.2, 0) is 9.47 Å². The van der Waals surface area contributed by atoms with Crippen molar-refractivity contribution in [1.29, 1.82) is 0 Å². The van der Waals surface area contributed by atoms with Crippen LogP contribution >= 0.6 is 55.3 Å². The summed E-state index contributed by atoms with van der Waals surface area (Å²) in [6.07, 6.45) is 0. The Balaban J connectivity index is 0.000000208. The number of ether oxygens (including phenoxy) is 2. The maximum atomic E-state index is 5.29. The molecule has 0 saturated carbocycles. The molecule has 0 unspecified atom stereocenters. The van der Waals surface area contributed by atoms with Crippen molar-refractivity contribution in [1.82, 2.24) is 8.61 Å². The van der Waals surface area contributed by atoms with Gasteiger partial charge in [0.15, 0.2) is 0 Å². The van der Waals surface area contributed by atoms with E-state index in [4.69, 9.17) is 9.47 Å². The van der Waals surface area contributed by atoms with Gasteiger partial charge in [-0.25, -0.2) is 8.61 Å². The molecular weight excluding hydrogens is 1230 g/mol. The van der Waals surface area contributed by atoms with Crippen molar-refractivity contribution >= 4 is 83.6 Å². The second-order valence-electron chi connectivity index (χ2n) is 24.4. The number of hydrogen-bond donors (Lipinski definition) is 0. The van der Waals surface area contributed by atoms with Crippen LogP contribution < -0.4 is 7.16 Å². The normalized spacial score (nSPS) is 13.8. The van der Waals surface area contributed by atoms with Gasteiger partial charge in [0.25, 0.3) is 0 Å². The molecule has 2 radical (unpaired) electrons. The van der Waals surface area contributed by atoms with Gasteiger partial charge in [0.05, 0.1) is 26.4 Å². The van der Waals surface area contributed by atoms with Gasteiger partial charge in [-0.15, -0.1) is 0 Å². The molecule has 2 saturated heterocycles. The molecule has 0 N–H and O–H groups in total. The molecule has 2 aliphatic rings. The molecule has 0 aromatic heterocycles. The Morgan fingerprint density at radius 3 is 0.595 bits per heavy atom. The SMILES string of the molecule is C1CN(SSN2CCOCC2)CCO1.Cc1c(C)c(C)[c]([Sn][c]2c(C)c(C)c(C)c(C)c2C)c(C)c1C.Cc1c(C)c(C)c(SSc2c(C)c(C)c(C)c(C)c2C)c(C)c1C.Cc1c(C)c(C)c(Sc2c(C)c(C)c(C)c(C)c2C)c(C)c1C. The summed E-state index contributed by atoms with van der Waals surface area (Å²) in [6.45, 7) is 75.9. The van der Waals surface area contributed by atoms with Gasteiger partial charge in [0, 0.05) is 67.7 Å². The van der Waals surface area contributed by atoms with E-state index in [1.54, 1.807) is 29.4 Å². The maximum Gasteiger partial charge on any atom is 0.0250 e. The summed E-state index contributed by atoms with van der Waals surface area (Å²) in [4.78, 5) is 5.77. The zero-order valence-corrected chi connectivity index (χ0v) is 64.8. The van der Waals surface area contributed by atoms with E-state index < -0.39 is 21.1 Å². The fourth-order valence-corrected chi connectivity index (χ4v) is 23.4. The average Bonchev–Trinajstić information content (AvgIpc) is 3.15. The summed E-state index contributed by atoms with van der Waals surface area (Å²) >= 11 is 1.16. The Morgan fingerprint density at radius 2 is 0.393 bits per heavy atom. The molecule has 0 bridgehead atoms. The first-order valence-electron chi connectivity index (χ1n) is 30.4. The minimum Gasteiger partial charge on any atom is -0.0889 e. The largest absolute Gasteiger partial charge is 0.0889 e. The van der Waals surface area contributed by atoms with Gasteiger partial charge in [-0.2, -0.15) is 0 Å². The van der Waals surface area contributed by atoms with Crippen LogP contribution in [0.2, 0.25) is 0 Å².